The van der Waals surface area contributed by atoms with Gasteiger partial charge in [0.05, 0.1) is 34.4 Å². The van der Waals surface area contributed by atoms with Crippen LogP contribution in [0.4, 0.5) is 13.2 Å². The van der Waals surface area contributed by atoms with Gasteiger partial charge >= 0.3 is 6.18 Å². The number of nitrogens with zero attached hydrogens (tertiary/aromatic N) is 2. The maximum Gasteiger partial charge on any atom is 0.416 e. The van der Waals surface area contributed by atoms with Gasteiger partial charge < -0.3 is 13.7 Å². The number of hydrogen-bond acceptors (Lipinski definition) is 3. The van der Waals surface area contributed by atoms with Crippen LogP contribution in [0, 0.1) is 0 Å². The number of fused-ring (bicyclic) bond motifs is 1. The van der Waals surface area contributed by atoms with Crippen molar-refractivity contribution in [1.29, 1.82) is 0 Å². The molecule has 0 aliphatic rings. The fraction of sp³-hybridized carbons (Fsp3) is 0.150. The standard InChI is InChI=1S/C20H13Cl2F3N2O2/c21-13-4-6-18(15(22)9-13)29-11-19-26-16-8-12(20(23,24)25)3-5-17(16)27(19)10-14-2-1-7-28-14/h1-9H,10-11H2. The Labute approximate surface area is 173 Å². The Hall–Kier alpha value is -2.64. The van der Waals surface area contributed by atoms with E-state index < -0.39 is 11.7 Å². The normalized spacial score (nSPS) is 11.9. The van der Waals surface area contributed by atoms with Crippen molar-refractivity contribution in [3.8, 4) is 5.75 Å². The third-order valence-electron chi connectivity index (χ3n) is 4.30. The van der Waals surface area contributed by atoms with Crippen LogP contribution < -0.4 is 4.74 Å². The molecule has 0 radical (unpaired) electrons. The van der Waals surface area contributed by atoms with Crippen molar-refractivity contribution < 1.29 is 22.3 Å². The molecule has 0 saturated carbocycles. The second-order valence-electron chi connectivity index (χ2n) is 6.26. The summed E-state index contributed by atoms with van der Waals surface area (Å²) in [7, 11) is 0. The molecule has 2 heterocycles. The summed E-state index contributed by atoms with van der Waals surface area (Å²) in [6.45, 7) is 0.292. The molecule has 0 spiro atoms. The summed E-state index contributed by atoms with van der Waals surface area (Å²) >= 11 is 12.0. The molecule has 4 nitrogen and oxygen atoms in total. The number of alkyl halides is 3. The zero-order valence-electron chi connectivity index (χ0n) is 14.7. The van der Waals surface area contributed by atoms with Crippen LogP contribution in [0.3, 0.4) is 0 Å². The van der Waals surface area contributed by atoms with Gasteiger partial charge in [-0.2, -0.15) is 13.2 Å². The summed E-state index contributed by atoms with van der Waals surface area (Å²) in [4.78, 5) is 4.36. The van der Waals surface area contributed by atoms with Crippen LogP contribution in [0.25, 0.3) is 11.0 Å². The highest BCUT2D eigenvalue weighted by Gasteiger charge is 2.31. The van der Waals surface area contributed by atoms with Crippen LogP contribution in [0.1, 0.15) is 17.1 Å². The number of imidazole rings is 1. The molecule has 0 amide bonds. The molecule has 0 N–H and O–H groups in total. The number of halogens is 5. The number of furan rings is 1. The van der Waals surface area contributed by atoms with Crippen LogP contribution in [-0.2, 0) is 19.3 Å². The van der Waals surface area contributed by atoms with E-state index in [-0.39, 0.29) is 12.1 Å². The molecule has 150 valence electrons. The van der Waals surface area contributed by atoms with Crippen LogP contribution in [0.5, 0.6) is 5.75 Å². The van der Waals surface area contributed by atoms with Gasteiger partial charge in [-0.25, -0.2) is 4.98 Å². The van der Waals surface area contributed by atoms with Crippen LogP contribution >= 0.6 is 23.2 Å². The Kier molecular flexibility index (Phi) is 5.19. The van der Waals surface area contributed by atoms with Crippen molar-refractivity contribution in [2.24, 2.45) is 0 Å². The van der Waals surface area contributed by atoms with Gasteiger partial charge in [0.15, 0.2) is 0 Å². The van der Waals surface area contributed by atoms with Gasteiger partial charge in [-0.15, -0.1) is 0 Å². The van der Waals surface area contributed by atoms with E-state index >= 15 is 0 Å². The Balaban J connectivity index is 1.71. The average Bonchev–Trinajstić information content (AvgIpc) is 3.28. The van der Waals surface area contributed by atoms with Crippen LogP contribution in [0.2, 0.25) is 10.0 Å². The molecule has 29 heavy (non-hydrogen) atoms. The van der Waals surface area contributed by atoms with Crippen molar-refractivity contribution in [1.82, 2.24) is 9.55 Å². The number of hydrogen-bond donors (Lipinski definition) is 0. The van der Waals surface area contributed by atoms with E-state index in [1.54, 1.807) is 34.9 Å². The van der Waals surface area contributed by atoms with E-state index in [1.165, 1.54) is 12.3 Å². The quantitative estimate of drug-likeness (QED) is 0.351. The summed E-state index contributed by atoms with van der Waals surface area (Å²) in [6.07, 6.45) is -2.92. The topological polar surface area (TPSA) is 40.2 Å². The second kappa shape index (κ2) is 7.65. The van der Waals surface area contributed by atoms with E-state index in [0.717, 1.165) is 12.1 Å². The third kappa shape index (κ3) is 4.21. The van der Waals surface area contributed by atoms with Crippen molar-refractivity contribution >= 4 is 34.2 Å². The molecular weight excluding hydrogens is 428 g/mol. The first kappa shape index (κ1) is 19.7. The van der Waals surface area contributed by atoms with Gasteiger partial charge in [0, 0.05) is 5.02 Å². The molecule has 0 saturated heterocycles. The lowest BCUT2D eigenvalue weighted by molar-refractivity contribution is -0.137. The predicted molar refractivity (Wildman–Crippen MR) is 103 cm³/mol. The van der Waals surface area contributed by atoms with Crippen molar-refractivity contribution in [2.75, 3.05) is 0 Å². The molecule has 0 fully saturated rings. The SMILES string of the molecule is FC(F)(F)c1ccc2c(c1)nc(COc1ccc(Cl)cc1Cl)n2Cc1ccco1. The molecule has 0 aliphatic carbocycles. The minimum atomic E-state index is -4.45. The largest absolute Gasteiger partial charge is 0.484 e. The Bertz CT molecular complexity index is 1150. The first-order chi connectivity index (χ1) is 13.8. The van der Waals surface area contributed by atoms with Crippen LogP contribution in [0.15, 0.2) is 59.2 Å². The van der Waals surface area contributed by atoms with E-state index in [2.05, 4.69) is 4.98 Å². The maximum absolute atomic E-state index is 13.1. The van der Waals surface area contributed by atoms with Gasteiger partial charge in [0.2, 0.25) is 0 Å². The molecule has 2 aromatic heterocycles. The molecule has 0 bridgehead atoms. The first-order valence-corrected chi connectivity index (χ1v) is 9.23. The molecule has 9 heteroatoms. The number of benzene rings is 2. The summed E-state index contributed by atoms with van der Waals surface area (Å²) in [5.74, 6) is 1.46. The number of rotatable bonds is 5. The van der Waals surface area contributed by atoms with Crippen molar-refractivity contribution in [2.45, 2.75) is 19.3 Å². The fourth-order valence-corrected chi connectivity index (χ4v) is 3.40. The molecular formula is C20H13Cl2F3N2O2. The minimum Gasteiger partial charge on any atom is -0.484 e. The highest BCUT2D eigenvalue weighted by molar-refractivity contribution is 6.35. The highest BCUT2D eigenvalue weighted by Crippen LogP contribution is 2.32. The molecule has 0 atom stereocenters. The van der Waals surface area contributed by atoms with E-state index in [4.69, 9.17) is 32.4 Å². The lowest BCUT2D eigenvalue weighted by atomic mass is 10.2. The Morgan fingerprint density at radius 2 is 1.90 bits per heavy atom. The first-order valence-electron chi connectivity index (χ1n) is 8.48. The third-order valence-corrected chi connectivity index (χ3v) is 4.83. The molecule has 4 aromatic rings. The Morgan fingerprint density at radius 3 is 2.59 bits per heavy atom. The number of aromatic nitrogens is 2. The monoisotopic (exact) mass is 440 g/mol. The van der Waals surface area contributed by atoms with Gasteiger partial charge in [-0.05, 0) is 48.5 Å². The Morgan fingerprint density at radius 1 is 1.07 bits per heavy atom. The van der Waals surface area contributed by atoms with Crippen molar-refractivity contribution in [3.63, 3.8) is 0 Å². The van der Waals surface area contributed by atoms with Crippen LogP contribution in [-0.4, -0.2) is 9.55 Å². The summed E-state index contributed by atoms with van der Waals surface area (Å²) in [6, 6.07) is 11.7. The van der Waals surface area contributed by atoms with E-state index in [0.29, 0.717) is 39.4 Å². The average molecular weight is 441 g/mol. The van der Waals surface area contributed by atoms with E-state index in [1.807, 2.05) is 0 Å². The maximum atomic E-state index is 13.1. The zero-order valence-corrected chi connectivity index (χ0v) is 16.2. The minimum absolute atomic E-state index is 0.00189. The summed E-state index contributed by atoms with van der Waals surface area (Å²) in [5.41, 5.74) is -0.0109. The molecule has 2 aromatic carbocycles. The highest BCUT2D eigenvalue weighted by atomic mass is 35.5. The second-order valence-corrected chi connectivity index (χ2v) is 7.10. The predicted octanol–water partition coefficient (Wildman–Crippen LogP) is 6.58. The lowest BCUT2D eigenvalue weighted by Gasteiger charge is -2.11. The fourth-order valence-electron chi connectivity index (χ4n) is 2.94. The van der Waals surface area contributed by atoms with Gasteiger partial charge in [0.25, 0.3) is 0 Å². The van der Waals surface area contributed by atoms with Gasteiger partial charge in [-0.3, -0.25) is 0 Å². The smallest absolute Gasteiger partial charge is 0.416 e. The van der Waals surface area contributed by atoms with Gasteiger partial charge in [-0.1, -0.05) is 23.2 Å². The number of ether oxygens (including phenoxy) is 1. The van der Waals surface area contributed by atoms with Crippen molar-refractivity contribution in [3.05, 3.63) is 82.0 Å². The lowest BCUT2D eigenvalue weighted by Crippen LogP contribution is -2.08. The molecule has 0 unspecified atom stereocenters. The summed E-state index contributed by atoms with van der Waals surface area (Å²) < 4.78 is 52.1. The zero-order chi connectivity index (χ0) is 20.6. The summed E-state index contributed by atoms with van der Waals surface area (Å²) in [5, 5.41) is 0.789. The van der Waals surface area contributed by atoms with Gasteiger partial charge in [0.1, 0.15) is 23.9 Å². The van der Waals surface area contributed by atoms with E-state index in [9.17, 15) is 13.2 Å². The molecule has 4 rings (SSSR count). The molecule has 0 aliphatic heterocycles.